The Bertz CT molecular complexity index is 1010. The minimum absolute atomic E-state index is 0.0639. The Hall–Kier alpha value is -3.11. The van der Waals surface area contributed by atoms with Crippen molar-refractivity contribution in [2.45, 2.75) is 17.2 Å². The number of nitrogens with one attached hydrogen (secondary N) is 1. The van der Waals surface area contributed by atoms with E-state index in [2.05, 4.69) is 15.5 Å². The molecule has 0 aliphatic rings. The van der Waals surface area contributed by atoms with Gasteiger partial charge in [-0.05, 0) is 24.1 Å². The largest absolute Gasteiger partial charge is 0.300 e. The Morgan fingerprint density at radius 2 is 1.79 bits per heavy atom. The maximum atomic E-state index is 12.2. The zero-order valence-electron chi connectivity index (χ0n) is 15.1. The number of benzene rings is 2. The van der Waals surface area contributed by atoms with Crippen molar-refractivity contribution in [3.05, 3.63) is 75.8 Å². The van der Waals surface area contributed by atoms with Gasteiger partial charge in [0.2, 0.25) is 11.0 Å². The summed E-state index contributed by atoms with van der Waals surface area (Å²) >= 11 is 2.40. The molecule has 2 aromatic carbocycles. The van der Waals surface area contributed by atoms with Gasteiger partial charge in [-0.3, -0.25) is 19.7 Å². The van der Waals surface area contributed by atoms with E-state index < -0.39 is 4.92 Å². The molecule has 0 bridgehead atoms. The summed E-state index contributed by atoms with van der Waals surface area (Å²) in [4.78, 5) is 34.4. The maximum absolute atomic E-state index is 12.2. The van der Waals surface area contributed by atoms with E-state index in [-0.39, 0.29) is 23.1 Å². The molecule has 10 heteroatoms. The van der Waals surface area contributed by atoms with Crippen LogP contribution in [0.25, 0.3) is 0 Å². The standard InChI is InChI=1S/C19H16N4O4S2/c24-16(14-7-9-15(10-8-14)23(26)27)12-28-19-22-21-18(29-19)20-17(25)11-6-13-4-2-1-3-5-13/h1-5,7-10H,6,11-12H2,(H,20,21,25). The zero-order valence-corrected chi connectivity index (χ0v) is 16.7. The molecule has 1 N–H and O–H groups in total. The number of thioether (sulfide) groups is 1. The first-order valence-corrected chi connectivity index (χ1v) is 10.4. The molecule has 3 aromatic rings. The number of hydrogen-bond acceptors (Lipinski definition) is 8. The van der Waals surface area contributed by atoms with Crippen LogP contribution in [0.1, 0.15) is 22.3 Å². The molecule has 0 spiro atoms. The number of Topliss-reactive ketones (excluding diaryl/α,β-unsaturated/α-hetero) is 1. The van der Waals surface area contributed by atoms with Crippen molar-refractivity contribution in [2.24, 2.45) is 0 Å². The molecule has 0 aliphatic heterocycles. The van der Waals surface area contributed by atoms with E-state index in [4.69, 9.17) is 0 Å². The van der Waals surface area contributed by atoms with E-state index in [0.717, 1.165) is 5.56 Å². The van der Waals surface area contributed by atoms with E-state index >= 15 is 0 Å². The maximum Gasteiger partial charge on any atom is 0.269 e. The van der Waals surface area contributed by atoms with Crippen molar-refractivity contribution in [2.75, 3.05) is 11.1 Å². The van der Waals surface area contributed by atoms with Gasteiger partial charge in [0.25, 0.3) is 5.69 Å². The molecule has 0 saturated heterocycles. The highest BCUT2D eigenvalue weighted by Gasteiger charge is 2.13. The van der Waals surface area contributed by atoms with Gasteiger partial charge < -0.3 is 5.32 Å². The monoisotopic (exact) mass is 428 g/mol. The van der Waals surface area contributed by atoms with Crippen LogP contribution >= 0.6 is 23.1 Å². The molecule has 1 aromatic heterocycles. The lowest BCUT2D eigenvalue weighted by Crippen LogP contribution is -2.12. The number of non-ortho nitro benzene ring substituents is 1. The van der Waals surface area contributed by atoms with Crippen LogP contribution in [0.5, 0.6) is 0 Å². The molecule has 1 heterocycles. The summed E-state index contributed by atoms with van der Waals surface area (Å²) in [5.74, 6) is -0.203. The molecule has 1 amide bonds. The van der Waals surface area contributed by atoms with Crippen molar-refractivity contribution in [3.63, 3.8) is 0 Å². The highest BCUT2D eigenvalue weighted by atomic mass is 32.2. The van der Waals surface area contributed by atoms with E-state index in [1.54, 1.807) is 0 Å². The minimum Gasteiger partial charge on any atom is -0.300 e. The molecule has 3 rings (SSSR count). The molecule has 8 nitrogen and oxygen atoms in total. The lowest BCUT2D eigenvalue weighted by Gasteiger charge is -2.01. The van der Waals surface area contributed by atoms with E-state index in [1.807, 2.05) is 30.3 Å². The van der Waals surface area contributed by atoms with Gasteiger partial charge in [-0.25, -0.2) is 0 Å². The first kappa shape index (κ1) is 20.6. The lowest BCUT2D eigenvalue weighted by molar-refractivity contribution is -0.384. The van der Waals surface area contributed by atoms with Crippen molar-refractivity contribution in [1.82, 2.24) is 10.2 Å². The number of carbonyl (C=O) groups excluding carboxylic acids is 2. The molecular weight excluding hydrogens is 412 g/mol. The second-order valence-corrected chi connectivity index (χ2v) is 8.12. The van der Waals surface area contributed by atoms with Crippen molar-refractivity contribution in [1.29, 1.82) is 0 Å². The Kier molecular flexibility index (Phi) is 7.04. The zero-order chi connectivity index (χ0) is 20.6. The van der Waals surface area contributed by atoms with Crippen LogP contribution in [0.15, 0.2) is 58.9 Å². The van der Waals surface area contributed by atoms with Crippen molar-refractivity contribution < 1.29 is 14.5 Å². The second kappa shape index (κ2) is 9.89. The van der Waals surface area contributed by atoms with Crippen LogP contribution in [-0.2, 0) is 11.2 Å². The summed E-state index contributed by atoms with van der Waals surface area (Å²) in [5.41, 5.74) is 1.41. The SMILES string of the molecule is O=C(CCc1ccccc1)Nc1nnc(SCC(=O)c2ccc([N+](=O)[O-])cc2)s1. The van der Waals surface area contributed by atoms with Gasteiger partial charge in [0.15, 0.2) is 10.1 Å². The molecule has 0 saturated carbocycles. The molecule has 29 heavy (non-hydrogen) atoms. The Morgan fingerprint density at radius 1 is 1.07 bits per heavy atom. The van der Waals surface area contributed by atoms with E-state index in [9.17, 15) is 19.7 Å². The van der Waals surface area contributed by atoms with Crippen LogP contribution in [0.4, 0.5) is 10.8 Å². The number of hydrogen-bond donors (Lipinski definition) is 1. The molecule has 0 unspecified atom stereocenters. The number of rotatable bonds is 9. The lowest BCUT2D eigenvalue weighted by atomic mass is 10.1. The summed E-state index contributed by atoms with van der Waals surface area (Å²) < 4.78 is 0.554. The number of nitro groups is 1. The Balaban J connectivity index is 1.46. The van der Waals surface area contributed by atoms with Crippen LogP contribution in [0.2, 0.25) is 0 Å². The van der Waals surface area contributed by atoms with Gasteiger partial charge in [-0.1, -0.05) is 53.4 Å². The van der Waals surface area contributed by atoms with Crippen molar-refractivity contribution in [3.8, 4) is 0 Å². The van der Waals surface area contributed by atoms with Gasteiger partial charge in [0, 0.05) is 24.1 Å². The molecule has 0 atom stereocenters. The average Bonchev–Trinajstić information content (AvgIpc) is 3.18. The topological polar surface area (TPSA) is 115 Å². The molecule has 0 aliphatic carbocycles. The van der Waals surface area contributed by atoms with Crippen LogP contribution in [0.3, 0.4) is 0 Å². The predicted octanol–water partition coefficient (Wildman–Crippen LogP) is 3.99. The third-order valence-corrected chi connectivity index (χ3v) is 5.84. The number of aryl methyl sites for hydroxylation is 1. The van der Waals surface area contributed by atoms with Crippen molar-refractivity contribution >= 4 is 45.6 Å². The summed E-state index contributed by atoms with van der Waals surface area (Å²) in [6, 6.07) is 15.2. The number of amides is 1. The first-order valence-electron chi connectivity index (χ1n) is 8.59. The third kappa shape index (κ3) is 6.19. The van der Waals surface area contributed by atoms with Gasteiger partial charge >= 0.3 is 0 Å². The van der Waals surface area contributed by atoms with Crippen LogP contribution in [0, 0.1) is 10.1 Å². The Labute approximate surface area is 174 Å². The van der Waals surface area contributed by atoms with Crippen LogP contribution in [-0.4, -0.2) is 32.6 Å². The van der Waals surface area contributed by atoms with E-state index in [0.29, 0.717) is 27.9 Å². The second-order valence-electron chi connectivity index (χ2n) is 5.92. The summed E-state index contributed by atoms with van der Waals surface area (Å²) in [5, 5.41) is 21.6. The fourth-order valence-electron chi connectivity index (χ4n) is 2.38. The van der Waals surface area contributed by atoms with Gasteiger partial charge in [-0.2, -0.15) is 0 Å². The van der Waals surface area contributed by atoms with E-state index in [1.165, 1.54) is 47.4 Å². The van der Waals surface area contributed by atoms with Gasteiger partial charge in [0.1, 0.15) is 0 Å². The summed E-state index contributed by atoms with van der Waals surface area (Å²) in [6.07, 6.45) is 0.974. The van der Waals surface area contributed by atoms with Crippen LogP contribution < -0.4 is 5.32 Å². The quantitative estimate of drug-likeness (QED) is 0.180. The number of nitro benzene ring substituents is 1. The first-order chi connectivity index (χ1) is 14.0. The van der Waals surface area contributed by atoms with Gasteiger partial charge in [-0.15, -0.1) is 10.2 Å². The number of anilines is 1. The molecule has 0 radical (unpaired) electrons. The fraction of sp³-hybridized carbons (Fsp3) is 0.158. The number of nitrogens with zero attached hydrogens (tertiary/aromatic N) is 3. The minimum atomic E-state index is -0.514. The highest BCUT2D eigenvalue weighted by Crippen LogP contribution is 2.26. The predicted molar refractivity (Wildman–Crippen MR) is 111 cm³/mol. The molecular formula is C19H16N4O4S2. The highest BCUT2D eigenvalue weighted by molar-refractivity contribution is 8.01. The summed E-state index contributed by atoms with van der Waals surface area (Å²) in [7, 11) is 0. The molecule has 0 fully saturated rings. The molecule has 148 valence electrons. The Morgan fingerprint density at radius 3 is 2.48 bits per heavy atom. The third-order valence-electron chi connectivity index (χ3n) is 3.86. The average molecular weight is 428 g/mol. The van der Waals surface area contributed by atoms with Gasteiger partial charge in [0.05, 0.1) is 10.7 Å². The number of ketones is 1. The number of aromatic nitrogens is 2. The smallest absolute Gasteiger partial charge is 0.269 e. The summed E-state index contributed by atoms with van der Waals surface area (Å²) in [6.45, 7) is 0. The number of carbonyl (C=O) groups is 2. The fourth-order valence-corrected chi connectivity index (χ4v) is 4.05. The normalized spacial score (nSPS) is 10.5.